The SMILES string of the molecule is O=C1C=C(Nc2cccc3c2CNCC3)C(=O)N1CCO. The Bertz CT molecular complexity index is 625. The maximum atomic E-state index is 12.1. The Hall–Kier alpha value is -2.18. The van der Waals surface area contributed by atoms with Crippen molar-refractivity contribution in [3.63, 3.8) is 0 Å². The number of aliphatic hydroxyl groups is 1. The fourth-order valence-electron chi connectivity index (χ4n) is 2.69. The number of rotatable bonds is 4. The summed E-state index contributed by atoms with van der Waals surface area (Å²) in [4.78, 5) is 24.9. The minimum Gasteiger partial charge on any atom is -0.395 e. The first-order valence-electron chi connectivity index (χ1n) is 6.97. The number of anilines is 1. The van der Waals surface area contributed by atoms with Gasteiger partial charge in [-0.2, -0.15) is 0 Å². The quantitative estimate of drug-likeness (QED) is 0.679. The molecule has 2 aliphatic heterocycles. The average molecular weight is 287 g/mol. The van der Waals surface area contributed by atoms with Gasteiger partial charge in [-0.15, -0.1) is 0 Å². The third-order valence-electron chi connectivity index (χ3n) is 3.75. The van der Waals surface area contributed by atoms with Crippen LogP contribution in [0.3, 0.4) is 0 Å². The van der Waals surface area contributed by atoms with Crippen LogP contribution in [0, 0.1) is 0 Å². The number of imide groups is 1. The zero-order valence-electron chi connectivity index (χ0n) is 11.6. The van der Waals surface area contributed by atoms with Crippen molar-refractivity contribution in [1.82, 2.24) is 10.2 Å². The number of aliphatic hydroxyl groups excluding tert-OH is 1. The summed E-state index contributed by atoms with van der Waals surface area (Å²) in [5, 5.41) is 15.3. The summed E-state index contributed by atoms with van der Waals surface area (Å²) in [5.41, 5.74) is 3.49. The summed E-state index contributed by atoms with van der Waals surface area (Å²) >= 11 is 0. The van der Waals surface area contributed by atoms with Gasteiger partial charge in [0.25, 0.3) is 11.8 Å². The lowest BCUT2D eigenvalue weighted by Gasteiger charge is -2.21. The number of carbonyl (C=O) groups excluding carboxylic acids is 2. The summed E-state index contributed by atoms with van der Waals surface area (Å²) in [6.45, 7) is 1.48. The molecule has 2 heterocycles. The lowest BCUT2D eigenvalue weighted by Crippen LogP contribution is -2.34. The molecule has 0 saturated heterocycles. The standard InChI is InChI=1S/C15H17N3O3/c19-7-6-18-14(20)8-13(15(18)21)17-12-3-1-2-10-4-5-16-9-11(10)12/h1-3,8,16-17,19H,4-7,9H2. The van der Waals surface area contributed by atoms with Gasteiger partial charge in [-0.1, -0.05) is 12.1 Å². The van der Waals surface area contributed by atoms with Crippen molar-refractivity contribution in [1.29, 1.82) is 0 Å². The number of carbonyl (C=O) groups is 2. The van der Waals surface area contributed by atoms with Crippen LogP contribution in [-0.4, -0.2) is 41.5 Å². The minimum atomic E-state index is -0.393. The number of nitrogens with one attached hydrogen (secondary N) is 2. The molecule has 6 heteroatoms. The summed E-state index contributed by atoms with van der Waals surface area (Å²) in [5.74, 6) is -0.783. The number of nitrogens with zero attached hydrogens (tertiary/aromatic N) is 1. The van der Waals surface area contributed by atoms with E-state index in [1.165, 1.54) is 11.6 Å². The van der Waals surface area contributed by atoms with Gasteiger partial charge in [-0.25, -0.2) is 0 Å². The van der Waals surface area contributed by atoms with E-state index >= 15 is 0 Å². The van der Waals surface area contributed by atoms with Gasteiger partial charge < -0.3 is 15.7 Å². The van der Waals surface area contributed by atoms with Gasteiger partial charge >= 0.3 is 0 Å². The molecule has 0 saturated carbocycles. The topological polar surface area (TPSA) is 81.7 Å². The number of benzene rings is 1. The van der Waals surface area contributed by atoms with Crippen molar-refractivity contribution < 1.29 is 14.7 Å². The molecule has 0 spiro atoms. The van der Waals surface area contributed by atoms with Gasteiger partial charge in [0.05, 0.1) is 13.2 Å². The number of β-amino-alcohol motifs (C(OH)–C–C–N with tert-alkyl or cyclic N) is 1. The molecule has 0 atom stereocenters. The number of hydrogen-bond donors (Lipinski definition) is 3. The number of amides is 2. The highest BCUT2D eigenvalue weighted by molar-refractivity contribution is 6.17. The second-order valence-electron chi connectivity index (χ2n) is 5.07. The van der Waals surface area contributed by atoms with E-state index in [0.717, 1.165) is 35.7 Å². The molecule has 6 nitrogen and oxygen atoms in total. The van der Waals surface area contributed by atoms with Gasteiger partial charge in [-0.3, -0.25) is 14.5 Å². The predicted octanol–water partition coefficient (Wildman–Crippen LogP) is -0.0108. The van der Waals surface area contributed by atoms with Crippen LogP contribution in [0.25, 0.3) is 0 Å². The fraction of sp³-hybridized carbons (Fsp3) is 0.333. The maximum absolute atomic E-state index is 12.1. The van der Waals surface area contributed by atoms with E-state index in [-0.39, 0.29) is 24.8 Å². The Morgan fingerprint density at radius 1 is 1.33 bits per heavy atom. The van der Waals surface area contributed by atoms with Crippen molar-refractivity contribution in [3.05, 3.63) is 41.1 Å². The first-order chi connectivity index (χ1) is 10.2. The van der Waals surface area contributed by atoms with Crippen LogP contribution in [0.15, 0.2) is 30.0 Å². The van der Waals surface area contributed by atoms with Crippen LogP contribution in [0.4, 0.5) is 5.69 Å². The van der Waals surface area contributed by atoms with Crippen molar-refractivity contribution in [2.45, 2.75) is 13.0 Å². The second kappa shape index (κ2) is 5.67. The van der Waals surface area contributed by atoms with Crippen LogP contribution in [0.2, 0.25) is 0 Å². The molecule has 1 aromatic rings. The summed E-state index contributed by atoms with van der Waals surface area (Å²) < 4.78 is 0. The Labute approximate surface area is 122 Å². The highest BCUT2D eigenvalue weighted by atomic mass is 16.3. The highest BCUT2D eigenvalue weighted by Crippen LogP contribution is 2.25. The fourth-order valence-corrected chi connectivity index (χ4v) is 2.69. The van der Waals surface area contributed by atoms with Gasteiger partial charge in [0.1, 0.15) is 5.70 Å². The molecule has 3 rings (SSSR count). The molecule has 3 N–H and O–H groups in total. The molecule has 0 aliphatic carbocycles. The Morgan fingerprint density at radius 3 is 3.00 bits per heavy atom. The van der Waals surface area contributed by atoms with Gasteiger partial charge in [0.15, 0.2) is 0 Å². The van der Waals surface area contributed by atoms with Crippen molar-refractivity contribution in [3.8, 4) is 0 Å². The molecule has 0 radical (unpaired) electrons. The van der Waals surface area contributed by atoms with E-state index in [0.29, 0.717) is 0 Å². The highest BCUT2D eigenvalue weighted by Gasteiger charge is 2.31. The lowest BCUT2D eigenvalue weighted by molar-refractivity contribution is -0.137. The van der Waals surface area contributed by atoms with E-state index in [1.54, 1.807) is 0 Å². The average Bonchev–Trinajstić information content (AvgIpc) is 2.76. The Kier molecular flexibility index (Phi) is 3.72. The molecule has 0 unspecified atom stereocenters. The van der Waals surface area contributed by atoms with Crippen molar-refractivity contribution >= 4 is 17.5 Å². The molecule has 21 heavy (non-hydrogen) atoms. The summed E-state index contributed by atoms with van der Waals surface area (Å²) in [6, 6.07) is 5.92. The van der Waals surface area contributed by atoms with Gasteiger partial charge in [0, 0.05) is 18.3 Å². The first-order valence-corrected chi connectivity index (χ1v) is 6.97. The van der Waals surface area contributed by atoms with E-state index < -0.39 is 5.91 Å². The van der Waals surface area contributed by atoms with Gasteiger partial charge in [-0.05, 0) is 30.2 Å². The number of hydrogen-bond acceptors (Lipinski definition) is 5. The van der Waals surface area contributed by atoms with Crippen LogP contribution in [-0.2, 0) is 22.6 Å². The molecular formula is C15H17N3O3. The molecule has 0 aromatic heterocycles. The normalized spacial score (nSPS) is 17.8. The monoisotopic (exact) mass is 287 g/mol. The lowest BCUT2D eigenvalue weighted by atomic mass is 9.99. The van der Waals surface area contributed by atoms with E-state index in [9.17, 15) is 9.59 Å². The maximum Gasteiger partial charge on any atom is 0.277 e. The van der Waals surface area contributed by atoms with Crippen LogP contribution < -0.4 is 10.6 Å². The van der Waals surface area contributed by atoms with Crippen molar-refractivity contribution in [2.24, 2.45) is 0 Å². The predicted molar refractivity (Wildman–Crippen MR) is 77.4 cm³/mol. The largest absolute Gasteiger partial charge is 0.395 e. The Morgan fingerprint density at radius 2 is 2.19 bits per heavy atom. The zero-order valence-corrected chi connectivity index (χ0v) is 11.6. The molecule has 110 valence electrons. The molecule has 0 bridgehead atoms. The third kappa shape index (κ3) is 2.55. The second-order valence-corrected chi connectivity index (χ2v) is 5.07. The minimum absolute atomic E-state index is 0.0216. The first kappa shape index (κ1) is 13.8. The van der Waals surface area contributed by atoms with Crippen LogP contribution in [0.1, 0.15) is 11.1 Å². The third-order valence-corrected chi connectivity index (χ3v) is 3.75. The van der Waals surface area contributed by atoms with Crippen LogP contribution >= 0.6 is 0 Å². The smallest absolute Gasteiger partial charge is 0.277 e. The van der Waals surface area contributed by atoms with E-state index in [1.807, 2.05) is 12.1 Å². The van der Waals surface area contributed by atoms with Crippen molar-refractivity contribution in [2.75, 3.05) is 25.0 Å². The molecule has 2 amide bonds. The van der Waals surface area contributed by atoms with Gasteiger partial charge in [0.2, 0.25) is 0 Å². The summed E-state index contributed by atoms with van der Waals surface area (Å²) in [7, 11) is 0. The summed E-state index contributed by atoms with van der Waals surface area (Å²) in [6.07, 6.45) is 2.24. The molecule has 0 fully saturated rings. The Balaban J connectivity index is 1.83. The van der Waals surface area contributed by atoms with E-state index in [4.69, 9.17) is 5.11 Å². The van der Waals surface area contributed by atoms with E-state index in [2.05, 4.69) is 16.7 Å². The number of fused-ring (bicyclic) bond motifs is 1. The van der Waals surface area contributed by atoms with Crippen LogP contribution in [0.5, 0.6) is 0 Å². The molecule has 2 aliphatic rings. The zero-order chi connectivity index (χ0) is 14.8. The molecule has 1 aromatic carbocycles. The molecular weight excluding hydrogens is 270 g/mol.